The number of nitrogens with zero attached hydrogens (tertiary/aromatic N) is 2. The van der Waals surface area contributed by atoms with Crippen LogP contribution < -0.4 is 4.74 Å². The van der Waals surface area contributed by atoms with E-state index in [1.54, 1.807) is 11.1 Å². The average Bonchev–Trinajstić information content (AvgIpc) is 3.38. The highest BCUT2D eigenvalue weighted by Gasteiger charge is 2.33. The Morgan fingerprint density at radius 2 is 1.96 bits per heavy atom. The Balaban J connectivity index is 1.41. The zero-order valence-electron chi connectivity index (χ0n) is 15.4. The van der Waals surface area contributed by atoms with E-state index in [1.165, 1.54) is 0 Å². The molecule has 1 amide bonds. The first-order valence-electron chi connectivity index (χ1n) is 9.36. The molecule has 1 atom stereocenters. The maximum absolute atomic E-state index is 12.7. The molecule has 1 aromatic heterocycles. The van der Waals surface area contributed by atoms with Gasteiger partial charge in [0.25, 0.3) is 5.91 Å². The summed E-state index contributed by atoms with van der Waals surface area (Å²) in [6.45, 7) is 0.692. The summed E-state index contributed by atoms with van der Waals surface area (Å²) in [5, 5.41) is 0.705. The smallest absolute Gasteiger partial charge is 0.261 e. The number of hydrogen-bond acceptors (Lipinski definition) is 4. The third-order valence-corrected chi connectivity index (χ3v) is 5.23. The Morgan fingerprint density at radius 1 is 1.18 bits per heavy atom. The number of amides is 1. The molecule has 0 spiro atoms. The van der Waals surface area contributed by atoms with Gasteiger partial charge in [-0.15, -0.1) is 0 Å². The summed E-state index contributed by atoms with van der Waals surface area (Å²) in [6.07, 6.45) is 4.05. The molecule has 2 aromatic carbocycles. The van der Waals surface area contributed by atoms with Crippen molar-refractivity contribution in [3.05, 3.63) is 83.0 Å². The number of oxazole rings is 1. The molecule has 4 rings (SSSR count). The molecule has 1 fully saturated rings. The number of carbonyl (C=O) groups excluding carboxylic acids is 1. The number of hydrogen-bond donors (Lipinski definition) is 0. The third kappa shape index (κ3) is 4.20. The van der Waals surface area contributed by atoms with Crippen LogP contribution in [0.1, 0.15) is 36.1 Å². The largest absolute Gasteiger partial charge is 0.484 e. The van der Waals surface area contributed by atoms with Gasteiger partial charge in [-0.05, 0) is 36.6 Å². The lowest BCUT2D eigenvalue weighted by atomic mass is 10.1. The first kappa shape index (κ1) is 18.6. The van der Waals surface area contributed by atoms with Crippen LogP contribution in [-0.4, -0.2) is 28.9 Å². The number of likely N-dealkylation sites (tertiary alicyclic amines) is 1. The Bertz CT molecular complexity index is 942. The van der Waals surface area contributed by atoms with Gasteiger partial charge in [-0.3, -0.25) is 4.79 Å². The predicted octanol–water partition coefficient (Wildman–Crippen LogP) is 4.66. The van der Waals surface area contributed by atoms with Crippen LogP contribution in [0.15, 0.2) is 65.2 Å². The van der Waals surface area contributed by atoms with E-state index in [9.17, 15) is 4.79 Å². The highest BCUT2D eigenvalue weighted by atomic mass is 35.5. The van der Waals surface area contributed by atoms with Gasteiger partial charge in [0.1, 0.15) is 17.6 Å². The Labute approximate surface area is 168 Å². The second-order valence-corrected chi connectivity index (χ2v) is 7.19. The maximum atomic E-state index is 12.7. The van der Waals surface area contributed by atoms with Crippen LogP contribution in [0, 0.1) is 0 Å². The number of ether oxygens (including phenoxy) is 1. The molecular weight excluding hydrogens is 376 g/mol. The van der Waals surface area contributed by atoms with Crippen LogP contribution in [0.5, 0.6) is 5.75 Å². The molecule has 1 aliphatic heterocycles. The van der Waals surface area contributed by atoms with Gasteiger partial charge < -0.3 is 14.1 Å². The molecule has 6 heteroatoms. The fourth-order valence-electron chi connectivity index (χ4n) is 3.45. The lowest BCUT2D eigenvalue weighted by molar-refractivity contribution is -0.134. The van der Waals surface area contributed by atoms with Crippen molar-refractivity contribution in [2.75, 3.05) is 13.2 Å². The minimum atomic E-state index is -0.146. The summed E-state index contributed by atoms with van der Waals surface area (Å²) in [6, 6.07) is 16.9. The highest BCUT2D eigenvalue weighted by molar-refractivity contribution is 6.31. The number of carbonyl (C=O) groups is 1. The number of benzene rings is 2. The minimum Gasteiger partial charge on any atom is -0.484 e. The van der Waals surface area contributed by atoms with E-state index in [2.05, 4.69) is 4.98 Å². The quantitative estimate of drug-likeness (QED) is 0.608. The van der Waals surface area contributed by atoms with Gasteiger partial charge in [-0.2, -0.15) is 0 Å². The van der Waals surface area contributed by atoms with Crippen LogP contribution in [-0.2, 0) is 11.2 Å². The number of para-hydroxylation sites is 1. The van der Waals surface area contributed by atoms with Crippen molar-refractivity contribution in [3.63, 3.8) is 0 Å². The highest BCUT2D eigenvalue weighted by Crippen LogP contribution is 2.32. The SMILES string of the molecule is O=C(COc1ccccc1)N1CCC[C@H]1c1ncc(Cc2ccccc2Cl)o1. The first-order valence-corrected chi connectivity index (χ1v) is 9.74. The molecule has 3 aromatic rings. The molecule has 144 valence electrons. The van der Waals surface area contributed by atoms with E-state index in [4.69, 9.17) is 20.8 Å². The summed E-state index contributed by atoms with van der Waals surface area (Å²) < 4.78 is 11.6. The van der Waals surface area contributed by atoms with Gasteiger partial charge in [0.15, 0.2) is 6.61 Å². The summed E-state index contributed by atoms with van der Waals surface area (Å²) in [5.41, 5.74) is 0.988. The van der Waals surface area contributed by atoms with Gasteiger partial charge in [-0.1, -0.05) is 48.0 Å². The van der Waals surface area contributed by atoms with Crippen molar-refractivity contribution in [1.82, 2.24) is 9.88 Å². The molecule has 5 nitrogen and oxygen atoms in total. The molecule has 0 unspecified atom stereocenters. The van der Waals surface area contributed by atoms with E-state index in [0.29, 0.717) is 29.6 Å². The predicted molar refractivity (Wildman–Crippen MR) is 106 cm³/mol. The van der Waals surface area contributed by atoms with E-state index < -0.39 is 0 Å². The number of halogens is 1. The van der Waals surface area contributed by atoms with E-state index in [1.807, 2.05) is 54.6 Å². The molecule has 0 radical (unpaired) electrons. The van der Waals surface area contributed by atoms with Crippen LogP contribution in [0.25, 0.3) is 0 Å². The lowest BCUT2D eigenvalue weighted by Crippen LogP contribution is -2.34. The Morgan fingerprint density at radius 3 is 2.79 bits per heavy atom. The molecule has 2 heterocycles. The van der Waals surface area contributed by atoms with Crippen molar-refractivity contribution in [1.29, 1.82) is 0 Å². The molecule has 0 saturated carbocycles. The van der Waals surface area contributed by atoms with Crippen molar-refractivity contribution in [2.24, 2.45) is 0 Å². The summed E-state index contributed by atoms with van der Waals surface area (Å²) in [7, 11) is 0. The fourth-order valence-corrected chi connectivity index (χ4v) is 3.66. The maximum Gasteiger partial charge on any atom is 0.261 e. The minimum absolute atomic E-state index is 0.00764. The van der Waals surface area contributed by atoms with Gasteiger partial charge in [0, 0.05) is 18.0 Å². The summed E-state index contributed by atoms with van der Waals surface area (Å²) >= 11 is 6.23. The summed E-state index contributed by atoms with van der Waals surface area (Å²) in [5.74, 6) is 1.94. The molecule has 0 N–H and O–H groups in total. The molecule has 28 heavy (non-hydrogen) atoms. The monoisotopic (exact) mass is 396 g/mol. The normalized spacial score (nSPS) is 16.3. The zero-order valence-corrected chi connectivity index (χ0v) is 16.1. The molecular formula is C22H21ClN2O3. The van der Waals surface area contributed by atoms with Crippen molar-refractivity contribution in [2.45, 2.75) is 25.3 Å². The third-order valence-electron chi connectivity index (χ3n) is 4.86. The van der Waals surface area contributed by atoms with E-state index in [-0.39, 0.29) is 18.6 Å². The average molecular weight is 397 g/mol. The standard InChI is InChI=1S/C22H21ClN2O3/c23-19-10-5-4-7-16(19)13-18-14-24-22(28-18)20-11-6-12-25(20)21(26)15-27-17-8-2-1-3-9-17/h1-5,7-10,14,20H,6,11-13,15H2/t20-/m0/s1. The second kappa shape index (κ2) is 8.48. The topological polar surface area (TPSA) is 55.6 Å². The lowest BCUT2D eigenvalue weighted by Gasteiger charge is -2.22. The molecule has 1 saturated heterocycles. The van der Waals surface area contributed by atoms with Gasteiger partial charge in [0.2, 0.25) is 5.89 Å². The van der Waals surface area contributed by atoms with E-state index >= 15 is 0 Å². The Hall–Kier alpha value is -2.79. The van der Waals surface area contributed by atoms with Crippen LogP contribution in [0.2, 0.25) is 5.02 Å². The number of rotatable bonds is 6. The Kier molecular flexibility index (Phi) is 5.63. The zero-order chi connectivity index (χ0) is 19.3. The molecule has 0 bridgehead atoms. The van der Waals surface area contributed by atoms with Crippen molar-refractivity contribution in [3.8, 4) is 5.75 Å². The second-order valence-electron chi connectivity index (χ2n) is 6.78. The molecule has 1 aliphatic rings. The van der Waals surface area contributed by atoms with Crippen LogP contribution in [0.3, 0.4) is 0 Å². The fraction of sp³-hybridized carbons (Fsp3) is 0.273. The van der Waals surface area contributed by atoms with Crippen molar-refractivity contribution >= 4 is 17.5 Å². The van der Waals surface area contributed by atoms with Crippen molar-refractivity contribution < 1.29 is 13.9 Å². The van der Waals surface area contributed by atoms with Gasteiger partial charge in [0.05, 0.1) is 6.20 Å². The van der Waals surface area contributed by atoms with E-state index in [0.717, 1.165) is 24.2 Å². The first-order chi connectivity index (χ1) is 13.7. The van der Waals surface area contributed by atoms with Gasteiger partial charge in [-0.25, -0.2) is 4.98 Å². The summed E-state index contributed by atoms with van der Waals surface area (Å²) in [4.78, 5) is 18.9. The molecule has 0 aliphatic carbocycles. The van der Waals surface area contributed by atoms with Crippen LogP contribution >= 0.6 is 11.6 Å². The van der Waals surface area contributed by atoms with Gasteiger partial charge >= 0.3 is 0 Å². The number of aromatic nitrogens is 1. The van der Waals surface area contributed by atoms with Crippen LogP contribution in [0.4, 0.5) is 0 Å².